The van der Waals surface area contributed by atoms with E-state index in [-0.39, 0.29) is 6.10 Å². The summed E-state index contributed by atoms with van der Waals surface area (Å²) in [5.41, 5.74) is 0. The first kappa shape index (κ1) is 10.9. The predicted molar refractivity (Wildman–Crippen MR) is 57.4 cm³/mol. The zero-order chi connectivity index (χ0) is 10.5. The van der Waals surface area contributed by atoms with Crippen molar-refractivity contribution in [1.29, 1.82) is 5.26 Å². The van der Waals surface area contributed by atoms with Gasteiger partial charge in [0.2, 0.25) is 0 Å². The molecule has 15 heavy (non-hydrogen) atoms. The van der Waals surface area contributed by atoms with Crippen molar-refractivity contribution in [1.82, 2.24) is 10.2 Å². The first-order chi connectivity index (χ1) is 7.38. The molecule has 0 spiro atoms. The van der Waals surface area contributed by atoms with Crippen molar-refractivity contribution in [2.24, 2.45) is 0 Å². The highest BCUT2D eigenvalue weighted by molar-refractivity contribution is 4.90. The number of ether oxygens (including phenoxy) is 1. The Kier molecular flexibility index (Phi) is 3.95. The Labute approximate surface area is 91.2 Å². The molecule has 1 N–H and O–H groups in total. The van der Waals surface area contributed by atoms with Crippen molar-refractivity contribution < 1.29 is 4.74 Å². The lowest BCUT2D eigenvalue weighted by molar-refractivity contribution is -0.00364. The van der Waals surface area contributed by atoms with E-state index in [1.54, 1.807) is 0 Å². The van der Waals surface area contributed by atoms with Crippen LogP contribution in [0, 0.1) is 11.3 Å². The van der Waals surface area contributed by atoms with Gasteiger partial charge in [0, 0.05) is 25.7 Å². The number of rotatable bonds is 2. The lowest BCUT2D eigenvalue weighted by atomic mass is 10.0. The third kappa shape index (κ3) is 3.16. The van der Waals surface area contributed by atoms with Crippen LogP contribution < -0.4 is 5.32 Å². The van der Waals surface area contributed by atoms with Crippen LogP contribution in [0.1, 0.15) is 19.3 Å². The van der Waals surface area contributed by atoms with Crippen LogP contribution in [0.5, 0.6) is 0 Å². The van der Waals surface area contributed by atoms with Gasteiger partial charge in [0.25, 0.3) is 0 Å². The molecule has 2 unspecified atom stereocenters. The second kappa shape index (κ2) is 5.45. The van der Waals surface area contributed by atoms with Crippen molar-refractivity contribution in [2.75, 3.05) is 32.8 Å². The van der Waals surface area contributed by atoms with Gasteiger partial charge in [-0.25, -0.2) is 0 Å². The molecule has 2 aliphatic rings. The minimum Gasteiger partial charge on any atom is -0.361 e. The fourth-order valence-electron chi connectivity index (χ4n) is 2.34. The quantitative estimate of drug-likeness (QED) is 0.713. The molecule has 2 fully saturated rings. The molecule has 0 aromatic heterocycles. The molecule has 84 valence electrons. The van der Waals surface area contributed by atoms with Gasteiger partial charge in [-0.05, 0) is 19.4 Å². The lowest BCUT2D eigenvalue weighted by Gasteiger charge is -2.34. The van der Waals surface area contributed by atoms with Crippen molar-refractivity contribution in [2.45, 2.75) is 31.4 Å². The highest BCUT2D eigenvalue weighted by atomic mass is 16.5. The maximum Gasteiger partial charge on any atom is 0.156 e. The average molecular weight is 209 g/mol. The molecular weight excluding hydrogens is 190 g/mol. The van der Waals surface area contributed by atoms with Crippen LogP contribution in [0.4, 0.5) is 0 Å². The van der Waals surface area contributed by atoms with Crippen LogP contribution in [-0.2, 0) is 4.74 Å². The third-order valence-electron chi connectivity index (χ3n) is 3.19. The Morgan fingerprint density at radius 1 is 1.47 bits per heavy atom. The van der Waals surface area contributed by atoms with E-state index < -0.39 is 0 Å². The molecule has 0 amide bonds. The van der Waals surface area contributed by atoms with E-state index in [9.17, 15) is 0 Å². The Balaban J connectivity index is 1.75. The second-order valence-electron chi connectivity index (χ2n) is 4.39. The van der Waals surface area contributed by atoms with Gasteiger partial charge in [-0.1, -0.05) is 6.42 Å². The Hall–Kier alpha value is -0.630. The molecule has 2 aliphatic heterocycles. The Morgan fingerprint density at radius 2 is 2.40 bits per heavy atom. The molecule has 0 aliphatic carbocycles. The summed E-state index contributed by atoms with van der Waals surface area (Å²) >= 11 is 0. The number of piperidine rings is 1. The van der Waals surface area contributed by atoms with Gasteiger partial charge < -0.3 is 10.1 Å². The van der Waals surface area contributed by atoms with E-state index in [0.717, 1.165) is 26.2 Å². The van der Waals surface area contributed by atoms with Crippen LogP contribution in [0.25, 0.3) is 0 Å². The van der Waals surface area contributed by atoms with Crippen molar-refractivity contribution in [3.8, 4) is 6.07 Å². The van der Waals surface area contributed by atoms with Gasteiger partial charge in [-0.3, -0.25) is 4.90 Å². The van der Waals surface area contributed by atoms with Gasteiger partial charge in [0.1, 0.15) is 0 Å². The summed E-state index contributed by atoms with van der Waals surface area (Å²) in [6, 6.07) is 2.81. The average Bonchev–Trinajstić information content (AvgIpc) is 2.31. The molecule has 0 aromatic rings. The van der Waals surface area contributed by atoms with Crippen LogP contribution in [0.3, 0.4) is 0 Å². The van der Waals surface area contributed by atoms with E-state index in [1.807, 2.05) is 0 Å². The molecule has 2 saturated heterocycles. The van der Waals surface area contributed by atoms with Gasteiger partial charge in [0.15, 0.2) is 6.10 Å². The standard InChI is InChI=1S/C11H19N3O/c12-7-11-9-14(5-6-15-11)8-10-3-1-2-4-13-10/h10-11,13H,1-6,8-9H2. The summed E-state index contributed by atoms with van der Waals surface area (Å²) in [6.45, 7) is 4.66. The van der Waals surface area contributed by atoms with E-state index in [0.29, 0.717) is 12.6 Å². The second-order valence-corrected chi connectivity index (χ2v) is 4.39. The van der Waals surface area contributed by atoms with Gasteiger partial charge in [0.05, 0.1) is 12.7 Å². The molecule has 0 aromatic carbocycles. The topological polar surface area (TPSA) is 48.3 Å². The smallest absolute Gasteiger partial charge is 0.156 e. The number of nitrogens with one attached hydrogen (secondary N) is 1. The summed E-state index contributed by atoms with van der Waals surface area (Å²) in [5, 5.41) is 12.3. The Bertz CT molecular complexity index is 232. The van der Waals surface area contributed by atoms with Crippen molar-refractivity contribution in [3.05, 3.63) is 0 Å². The zero-order valence-electron chi connectivity index (χ0n) is 9.11. The highest BCUT2D eigenvalue weighted by Crippen LogP contribution is 2.11. The largest absolute Gasteiger partial charge is 0.361 e. The van der Waals surface area contributed by atoms with Gasteiger partial charge in [-0.15, -0.1) is 0 Å². The fraction of sp³-hybridized carbons (Fsp3) is 0.909. The normalized spacial score (nSPS) is 33.5. The molecule has 0 bridgehead atoms. The molecule has 4 heteroatoms. The molecular formula is C11H19N3O. The van der Waals surface area contributed by atoms with Crippen LogP contribution in [0.15, 0.2) is 0 Å². The SMILES string of the molecule is N#CC1CN(CC2CCCCN2)CCO1. The maximum absolute atomic E-state index is 8.80. The van der Waals surface area contributed by atoms with Crippen LogP contribution in [0.2, 0.25) is 0 Å². The van der Waals surface area contributed by atoms with Crippen molar-refractivity contribution in [3.63, 3.8) is 0 Å². The first-order valence-corrected chi connectivity index (χ1v) is 5.85. The number of nitrogens with zero attached hydrogens (tertiary/aromatic N) is 2. The monoisotopic (exact) mass is 209 g/mol. The molecule has 2 heterocycles. The minimum atomic E-state index is -0.220. The number of morpholine rings is 1. The lowest BCUT2D eigenvalue weighted by Crippen LogP contribution is -2.49. The van der Waals surface area contributed by atoms with Crippen LogP contribution >= 0.6 is 0 Å². The summed E-state index contributed by atoms with van der Waals surface area (Å²) < 4.78 is 5.32. The van der Waals surface area contributed by atoms with Crippen molar-refractivity contribution >= 4 is 0 Å². The minimum absolute atomic E-state index is 0.220. The fourth-order valence-corrected chi connectivity index (χ4v) is 2.34. The summed E-state index contributed by atoms with van der Waals surface area (Å²) in [6.07, 6.45) is 3.70. The Morgan fingerprint density at radius 3 is 3.13 bits per heavy atom. The number of hydrogen-bond acceptors (Lipinski definition) is 4. The van der Waals surface area contributed by atoms with Gasteiger partial charge >= 0.3 is 0 Å². The van der Waals surface area contributed by atoms with E-state index in [2.05, 4.69) is 16.3 Å². The molecule has 0 radical (unpaired) electrons. The first-order valence-electron chi connectivity index (χ1n) is 5.85. The third-order valence-corrected chi connectivity index (χ3v) is 3.19. The molecule has 2 rings (SSSR count). The molecule has 0 saturated carbocycles. The molecule has 2 atom stereocenters. The van der Waals surface area contributed by atoms with E-state index >= 15 is 0 Å². The number of nitriles is 1. The van der Waals surface area contributed by atoms with Gasteiger partial charge in [-0.2, -0.15) is 5.26 Å². The summed E-state index contributed by atoms with van der Waals surface area (Å²) in [4.78, 5) is 2.35. The summed E-state index contributed by atoms with van der Waals surface area (Å²) in [7, 11) is 0. The van der Waals surface area contributed by atoms with E-state index in [1.165, 1.54) is 19.3 Å². The molecule has 4 nitrogen and oxygen atoms in total. The highest BCUT2D eigenvalue weighted by Gasteiger charge is 2.23. The number of hydrogen-bond donors (Lipinski definition) is 1. The summed E-state index contributed by atoms with van der Waals surface area (Å²) in [5.74, 6) is 0. The maximum atomic E-state index is 8.80. The predicted octanol–water partition coefficient (Wildman–Crippen LogP) is 0.353. The van der Waals surface area contributed by atoms with E-state index in [4.69, 9.17) is 10.00 Å². The zero-order valence-corrected chi connectivity index (χ0v) is 9.11. The van der Waals surface area contributed by atoms with Crippen LogP contribution in [-0.4, -0.2) is 49.8 Å².